The Bertz CT molecular complexity index is 526. The van der Waals surface area contributed by atoms with E-state index in [9.17, 15) is 0 Å². The van der Waals surface area contributed by atoms with E-state index in [1.54, 1.807) is 0 Å². The fourth-order valence-electron chi connectivity index (χ4n) is 2.19. The minimum Gasteiger partial charge on any atom is -0.465 e. The second kappa shape index (κ2) is 5.09. The molecule has 18 heavy (non-hydrogen) atoms. The quantitative estimate of drug-likeness (QED) is 0.711. The van der Waals surface area contributed by atoms with Crippen LogP contribution in [0, 0.1) is 0 Å². The van der Waals surface area contributed by atoms with Gasteiger partial charge < -0.3 is 4.74 Å². The zero-order valence-electron chi connectivity index (χ0n) is 10.9. The molecule has 0 aliphatic rings. The van der Waals surface area contributed by atoms with Gasteiger partial charge in [0.1, 0.15) is 5.75 Å². The summed E-state index contributed by atoms with van der Waals surface area (Å²) in [5.74, 6) is 0.862. The number of benzene rings is 2. The summed E-state index contributed by atoms with van der Waals surface area (Å²) in [4.78, 5) is 0. The molecule has 0 N–H and O–H groups in total. The first kappa shape index (κ1) is 12.4. The third kappa shape index (κ3) is 2.30. The lowest BCUT2D eigenvalue weighted by Gasteiger charge is -2.27. The number of hydrogen-bond acceptors (Lipinski definition) is 1. The average Bonchev–Trinajstić information content (AvgIpc) is 2.41. The highest BCUT2D eigenvalue weighted by molar-refractivity contribution is 5.45. The minimum absolute atomic E-state index is 0.0964. The van der Waals surface area contributed by atoms with Gasteiger partial charge in [0, 0.05) is 11.0 Å². The summed E-state index contributed by atoms with van der Waals surface area (Å²) in [7, 11) is 0. The molecule has 0 saturated carbocycles. The van der Waals surface area contributed by atoms with Crippen LogP contribution in [0.3, 0.4) is 0 Å². The van der Waals surface area contributed by atoms with Crippen LogP contribution >= 0.6 is 0 Å². The van der Waals surface area contributed by atoms with Crippen LogP contribution < -0.4 is 4.74 Å². The van der Waals surface area contributed by atoms with Crippen LogP contribution in [0.5, 0.6) is 5.75 Å². The van der Waals surface area contributed by atoms with Crippen molar-refractivity contribution in [3.63, 3.8) is 0 Å². The Morgan fingerprint density at radius 3 is 2.22 bits per heavy atom. The van der Waals surface area contributed by atoms with Crippen molar-refractivity contribution < 1.29 is 4.74 Å². The van der Waals surface area contributed by atoms with Crippen LogP contribution in [0.25, 0.3) is 0 Å². The predicted molar refractivity (Wildman–Crippen MR) is 75.8 cm³/mol. The van der Waals surface area contributed by atoms with E-state index in [1.165, 1.54) is 11.8 Å². The van der Waals surface area contributed by atoms with Crippen LogP contribution in [0.15, 0.2) is 67.4 Å². The zero-order chi connectivity index (χ0) is 13.0. The average molecular weight is 238 g/mol. The Balaban J connectivity index is 2.50. The van der Waals surface area contributed by atoms with Gasteiger partial charge >= 0.3 is 0 Å². The Kier molecular flexibility index (Phi) is 3.52. The molecule has 0 spiro atoms. The lowest BCUT2D eigenvalue weighted by atomic mass is 9.78. The summed E-state index contributed by atoms with van der Waals surface area (Å²) >= 11 is 0. The van der Waals surface area contributed by atoms with Crippen LogP contribution in [0.1, 0.15) is 25.0 Å². The fourth-order valence-corrected chi connectivity index (χ4v) is 2.19. The van der Waals surface area contributed by atoms with Crippen molar-refractivity contribution in [1.82, 2.24) is 0 Å². The van der Waals surface area contributed by atoms with Crippen LogP contribution in [0.4, 0.5) is 0 Å². The Labute approximate surface area is 109 Å². The van der Waals surface area contributed by atoms with Crippen LogP contribution in [0.2, 0.25) is 0 Å². The van der Waals surface area contributed by atoms with E-state index < -0.39 is 0 Å². The minimum atomic E-state index is -0.0964. The normalized spacial score (nSPS) is 11.0. The van der Waals surface area contributed by atoms with Gasteiger partial charge in [-0.05, 0) is 11.6 Å². The van der Waals surface area contributed by atoms with Crippen LogP contribution in [-0.2, 0) is 5.41 Å². The van der Waals surface area contributed by atoms with Crippen LogP contribution in [-0.4, -0.2) is 0 Å². The van der Waals surface area contributed by atoms with Crippen molar-refractivity contribution >= 4 is 0 Å². The second-order valence-corrected chi connectivity index (χ2v) is 4.77. The molecule has 1 nitrogen and oxygen atoms in total. The summed E-state index contributed by atoms with van der Waals surface area (Å²) in [5.41, 5.74) is 2.34. The Hall–Kier alpha value is -2.02. The monoisotopic (exact) mass is 238 g/mol. The van der Waals surface area contributed by atoms with Gasteiger partial charge in [-0.1, -0.05) is 69.0 Å². The summed E-state index contributed by atoms with van der Waals surface area (Å²) in [6.07, 6.45) is 1.47. The lowest BCUT2D eigenvalue weighted by molar-refractivity contribution is 0.462. The number of hydrogen-bond donors (Lipinski definition) is 0. The molecule has 0 bridgehead atoms. The van der Waals surface area contributed by atoms with Gasteiger partial charge in [0.15, 0.2) is 0 Å². The molecule has 2 rings (SSSR count). The summed E-state index contributed by atoms with van der Waals surface area (Å²) in [6, 6.07) is 18.5. The molecule has 0 aliphatic carbocycles. The maximum Gasteiger partial charge on any atom is 0.130 e. The molecule has 1 heteroatoms. The van der Waals surface area contributed by atoms with E-state index in [2.05, 4.69) is 50.8 Å². The van der Waals surface area contributed by atoms with Gasteiger partial charge in [-0.3, -0.25) is 0 Å². The highest BCUT2D eigenvalue weighted by Gasteiger charge is 2.25. The van der Waals surface area contributed by atoms with Gasteiger partial charge in [0.25, 0.3) is 0 Å². The molecule has 2 aromatic rings. The maximum absolute atomic E-state index is 5.51. The second-order valence-electron chi connectivity index (χ2n) is 4.77. The highest BCUT2D eigenvalue weighted by Crippen LogP contribution is 2.36. The van der Waals surface area contributed by atoms with Crippen molar-refractivity contribution in [3.05, 3.63) is 78.6 Å². The van der Waals surface area contributed by atoms with Crippen molar-refractivity contribution in [2.45, 2.75) is 19.3 Å². The molecule has 0 fully saturated rings. The van der Waals surface area contributed by atoms with Gasteiger partial charge in [0.05, 0.1) is 6.26 Å². The first-order valence-electron chi connectivity index (χ1n) is 6.09. The number of rotatable bonds is 4. The first-order chi connectivity index (χ1) is 8.66. The maximum atomic E-state index is 5.51. The van der Waals surface area contributed by atoms with Gasteiger partial charge in [-0.15, -0.1) is 0 Å². The molecular formula is C17H18O. The standard InChI is InChI=1S/C17H18O/c1-4-18-16-13-9-8-12-15(16)17(2,3)14-10-6-5-7-11-14/h4-13H,1H2,2-3H3. The third-order valence-corrected chi connectivity index (χ3v) is 3.27. The largest absolute Gasteiger partial charge is 0.465 e. The molecule has 92 valence electrons. The predicted octanol–water partition coefficient (Wildman–Crippen LogP) is 4.53. The van der Waals surface area contributed by atoms with E-state index in [4.69, 9.17) is 4.74 Å². The zero-order valence-corrected chi connectivity index (χ0v) is 10.9. The van der Waals surface area contributed by atoms with Gasteiger partial charge in [-0.25, -0.2) is 0 Å². The van der Waals surface area contributed by atoms with Crippen molar-refractivity contribution in [2.24, 2.45) is 0 Å². The van der Waals surface area contributed by atoms with Crippen molar-refractivity contribution in [3.8, 4) is 5.75 Å². The van der Waals surface area contributed by atoms with E-state index in [0.717, 1.165) is 11.3 Å². The molecule has 2 aromatic carbocycles. The fraction of sp³-hybridized carbons (Fsp3) is 0.176. The molecule has 0 amide bonds. The SMILES string of the molecule is C=COc1ccccc1C(C)(C)c1ccccc1. The van der Waals surface area contributed by atoms with Crippen molar-refractivity contribution in [2.75, 3.05) is 0 Å². The first-order valence-corrected chi connectivity index (χ1v) is 6.09. The van der Waals surface area contributed by atoms with Gasteiger partial charge in [-0.2, -0.15) is 0 Å². The third-order valence-electron chi connectivity index (χ3n) is 3.27. The molecule has 0 aliphatic heterocycles. The number of para-hydroxylation sites is 1. The molecule has 0 radical (unpaired) electrons. The van der Waals surface area contributed by atoms with E-state index in [1.807, 2.05) is 24.3 Å². The van der Waals surface area contributed by atoms with E-state index in [-0.39, 0.29) is 5.41 Å². The van der Waals surface area contributed by atoms with Gasteiger partial charge in [0.2, 0.25) is 0 Å². The Morgan fingerprint density at radius 2 is 1.56 bits per heavy atom. The van der Waals surface area contributed by atoms with E-state index >= 15 is 0 Å². The summed E-state index contributed by atoms with van der Waals surface area (Å²) in [5, 5.41) is 0. The molecular weight excluding hydrogens is 220 g/mol. The lowest BCUT2D eigenvalue weighted by Crippen LogP contribution is -2.19. The molecule has 0 atom stereocenters. The Morgan fingerprint density at radius 1 is 0.944 bits per heavy atom. The van der Waals surface area contributed by atoms with Crippen molar-refractivity contribution in [1.29, 1.82) is 0 Å². The molecule has 0 heterocycles. The highest BCUT2D eigenvalue weighted by atomic mass is 16.5. The van der Waals surface area contributed by atoms with E-state index in [0.29, 0.717) is 0 Å². The smallest absolute Gasteiger partial charge is 0.130 e. The topological polar surface area (TPSA) is 9.23 Å². The molecule has 0 saturated heterocycles. The summed E-state index contributed by atoms with van der Waals surface area (Å²) < 4.78 is 5.51. The molecule has 0 unspecified atom stereocenters. The molecule has 0 aromatic heterocycles. The number of ether oxygens (including phenoxy) is 1. The summed E-state index contributed by atoms with van der Waals surface area (Å²) in [6.45, 7) is 8.03.